The highest BCUT2D eigenvalue weighted by atomic mass is 35.5. The molecular weight excluding hydrogens is 284 g/mol. The molecule has 2 rings (SSSR count). The number of amides is 2. The van der Waals surface area contributed by atoms with Crippen molar-refractivity contribution in [3.8, 4) is 0 Å². The SMILES string of the molecule is CNC(=O)N(Cc1ccc(C)cc1)Cc1ccc(Cl)cc1. The fourth-order valence-electron chi connectivity index (χ4n) is 2.08. The highest BCUT2D eigenvalue weighted by Crippen LogP contribution is 2.14. The van der Waals surface area contributed by atoms with Crippen molar-refractivity contribution in [1.82, 2.24) is 10.2 Å². The summed E-state index contributed by atoms with van der Waals surface area (Å²) < 4.78 is 0. The summed E-state index contributed by atoms with van der Waals surface area (Å²) in [6.45, 7) is 3.17. The predicted octanol–water partition coefficient (Wildman–Crippen LogP) is 3.99. The number of carbonyl (C=O) groups excluding carboxylic acids is 1. The lowest BCUT2D eigenvalue weighted by Gasteiger charge is -2.22. The van der Waals surface area contributed by atoms with Gasteiger partial charge in [-0.25, -0.2) is 4.79 Å². The van der Waals surface area contributed by atoms with Crippen LogP contribution in [0.15, 0.2) is 48.5 Å². The standard InChI is InChI=1S/C17H19ClN2O/c1-13-3-5-14(6-4-13)11-20(17(21)19-2)12-15-7-9-16(18)10-8-15/h3-10H,11-12H2,1-2H3,(H,19,21). The summed E-state index contributed by atoms with van der Waals surface area (Å²) in [7, 11) is 1.65. The number of halogens is 1. The molecule has 2 aromatic carbocycles. The minimum atomic E-state index is -0.0921. The molecule has 21 heavy (non-hydrogen) atoms. The summed E-state index contributed by atoms with van der Waals surface area (Å²) in [6, 6.07) is 15.7. The summed E-state index contributed by atoms with van der Waals surface area (Å²) in [5.74, 6) is 0. The molecule has 0 heterocycles. The molecule has 0 spiro atoms. The number of rotatable bonds is 4. The molecule has 0 saturated heterocycles. The number of carbonyl (C=O) groups is 1. The highest BCUT2D eigenvalue weighted by molar-refractivity contribution is 6.30. The lowest BCUT2D eigenvalue weighted by molar-refractivity contribution is 0.194. The van der Waals surface area contributed by atoms with Gasteiger partial charge in [-0.3, -0.25) is 0 Å². The Bertz CT molecular complexity index is 546. The molecule has 0 fully saturated rings. The van der Waals surface area contributed by atoms with Crippen LogP contribution in [-0.2, 0) is 13.1 Å². The molecule has 110 valence electrons. The molecule has 1 N–H and O–H groups in total. The summed E-state index contributed by atoms with van der Waals surface area (Å²) in [4.78, 5) is 13.8. The Morgan fingerprint density at radius 1 is 1.00 bits per heavy atom. The Morgan fingerprint density at radius 3 is 1.95 bits per heavy atom. The second kappa shape index (κ2) is 7.14. The third kappa shape index (κ3) is 4.50. The molecule has 4 heteroatoms. The van der Waals surface area contributed by atoms with Crippen molar-refractivity contribution in [2.24, 2.45) is 0 Å². The van der Waals surface area contributed by atoms with Gasteiger partial charge in [0.25, 0.3) is 0 Å². The van der Waals surface area contributed by atoms with E-state index in [1.807, 2.05) is 43.3 Å². The van der Waals surface area contributed by atoms with Gasteiger partial charge < -0.3 is 10.2 Å². The van der Waals surface area contributed by atoms with Gasteiger partial charge in [0.05, 0.1) is 0 Å². The molecule has 0 radical (unpaired) electrons. The van der Waals surface area contributed by atoms with Crippen molar-refractivity contribution in [3.05, 3.63) is 70.2 Å². The predicted molar refractivity (Wildman–Crippen MR) is 86.3 cm³/mol. The zero-order valence-electron chi connectivity index (χ0n) is 12.3. The lowest BCUT2D eigenvalue weighted by Crippen LogP contribution is -2.37. The van der Waals surface area contributed by atoms with Gasteiger partial charge in [-0.15, -0.1) is 0 Å². The van der Waals surface area contributed by atoms with Crippen LogP contribution in [0.4, 0.5) is 4.79 Å². The Kier molecular flexibility index (Phi) is 5.23. The summed E-state index contributed by atoms with van der Waals surface area (Å²) in [5, 5.41) is 3.39. The monoisotopic (exact) mass is 302 g/mol. The van der Waals surface area contributed by atoms with Crippen LogP contribution in [0.25, 0.3) is 0 Å². The Balaban J connectivity index is 2.12. The van der Waals surface area contributed by atoms with E-state index in [1.165, 1.54) is 5.56 Å². The third-order valence-corrected chi connectivity index (χ3v) is 3.53. The van der Waals surface area contributed by atoms with Gasteiger partial charge in [0.15, 0.2) is 0 Å². The largest absolute Gasteiger partial charge is 0.341 e. The van der Waals surface area contributed by atoms with Crippen molar-refractivity contribution in [2.45, 2.75) is 20.0 Å². The van der Waals surface area contributed by atoms with Gasteiger partial charge in [0.1, 0.15) is 0 Å². The van der Waals surface area contributed by atoms with Crippen LogP contribution in [-0.4, -0.2) is 18.0 Å². The van der Waals surface area contributed by atoms with Gasteiger partial charge in [-0.05, 0) is 30.2 Å². The zero-order chi connectivity index (χ0) is 15.2. The van der Waals surface area contributed by atoms with Crippen molar-refractivity contribution in [3.63, 3.8) is 0 Å². The van der Waals surface area contributed by atoms with E-state index in [0.29, 0.717) is 18.1 Å². The smallest absolute Gasteiger partial charge is 0.317 e. The molecule has 0 aliphatic rings. The second-order valence-electron chi connectivity index (χ2n) is 5.02. The van der Waals surface area contributed by atoms with Crippen molar-refractivity contribution < 1.29 is 4.79 Å². The van der Waals surface area contributed by atoms with Gasteiger partial charge in [0, 0.05) is 25.2 Å². The minimum Gasteiger partial charge on any atom is -0.341 e. The Morgan fingerprint density at radius 2 is 1.48 bits per heavy atom. The molecule has 2 amide bonds. The number of hydrogen-bond acceptors (Lipinski definition) is 1. The average Bonchev–Trinajstić information content (AvgIpc) is 2.50. The number of urea groups is 1. The van der Waals surface area contributed by atoms with E-state index >= 15 is 0 Å². The molecule has 0 bridgehead atoms. The lowest BCUT2D eigenvalue weighted by atomic mass is 10.1. The molecule has 0 unspecified atom stereocenters. The summed E-state index contributed by atoms with van der Waals surface area (Å²) in [5.41, 5.74) is 3.37. The van der Waals surface area contributed by atoms with E-state index in [1.54, 1.807) is 11.9 Å². The van der Waals surface area contributed by atoms with Crippen LogP contribution in [0, 0.1) is 6.92 Å². The first kappa shape index (κ1) is 15.4. The van der Waals surface area contributed by atoms with Crippen LogP contribution >= 0.6 is 11.6 Å². The average molecular weight is 303 g/mol. The van der Waals surface area contributed by atoms with Gasteiger partial charge >= 0.3 is 6.03 Å². The molecule has 0 aliphatic carbocycles. The highest BCUT2D eigenvalue weighted by Gasteiger charge is 2.13. The fourth-order valence-corrected chi connectivity index (χ4v) is 2.21. The number of aryl methyl sites for hydroxylation is 1. The maximum absolute atomic E-state index is 12.0. The van der Waals surface area contributed by atoms with E-state index in [2.05, 4.69) is 17.4 Å². The van der Waals surface area contributed by atoms with Crippen molar-refractivity contribution >= 4 is 17.6 Å². The molecule has 0 saturated carbocycles. The van der Waals surface area contributed by atoms with Crippen molar-refractivity contribution in [2.75, 3.05) is 7.05 Å². The number of nitrogens with zero attached hydrogens (tertiary/aromatic N) is 1. The molecule has 3 nitrogen and oxygen atoms in total. The van der Waals surface area contributed by atoms with E-state index in [0.717, 1.165) is 11.1 Å². The number of benzene rings is 2. The van der Waals surface area contributed by atoms with Gasteiger partial charge in [-0.2, -0.15) is 0 Å². The van der Waals surface area contributed by atoms with E-state index < -0.39 is 0 Å². The van der Waals surface area contributed by atoms with Crippen LogP contribution in [0.3, 0.4) is 0 Å². The third-order valence-electron chi connectivity index (χ3n) is 3.28. The van der Waals surface area contributed by atoms with Crippen LogP contribution in [0.2, 0.25) is 5.02 Å². The van der Waals surface area contributed by atoms with Gasteiger partial charge in [-0.1, -0.05) is 53.6 Å². The van der Waals surface area contributed by atoms with E-state index in [-0.39, 0.29) is 6.03 Å². The molecule has 0 atom stereocenters. The fraction of sp³-hybridized carbons (Fsp3) is 0.235. The molecule has 0 aliphatic heterocycles. The first-order chi connectivity index (χ1) is 10.1. The van der Waals surface area contributed by atoms with Crippen LogP contribution < -0.4 is 5.32 Å². The van der Waals surface area contributed by atoms with Gasteiger partial charge in [0.2, 0.25) is 0 Å². The van der Waals surface area contributed by atoms with E-state index in [4.69, 9.17) is 11.6 Å². The molecule has 0 aromatic heterocycles. The van der Waals surface area contributed by atoms with Crippen molar-refractivity contribution in [1.29, 1.82) is 0 Å². The molecule has 2 aromatic rings. The topological polar surface area (TPSA) is 32.3 Å². The normalized spacial score (nSPS) is 10.2. The van der Waals surface area contributed by atoms with Crippen LogP contribution in [0.5, 0.6) is 0 Å². The zero-order valence-corrected chi connectivity index (χ0v) is 13.0. The second-order valence-corrected chi connectivity index (χ2v) is 5.46. The maximum atomic E-state index is 12.0. The van der Waals surface area contributed by atoms with Crippen LogP contribution in [0.1, 0.15) is 16.7 Å². The Labute approximate surface area is 130 Å². The Hall–Kier alpha value is -2.00. The maximum Gasteiger partial charge on any atom is 0.317 e. The summed E-state index contributed by atoms with van der Waals surface area (Å²) >= 11 is 5.89. The first-order valence-corrected chi connectivity index (χ1v) is 7.23. The number of nitrogens with one attached hydrogen (secondary N) is 1. The molecular formula is C17H19ClN2O. The van der Waals surface area contributed by atoms with E-state index in [9.17, 15) is 4.79 Å². The first-order valence-electron chi connectivity index (χ1n) is 6.85. The quantitative estimate of drug-likeness (QED) is 0.910. The number of hydrogen-bond donors (Lipinski definition) is 1. The minimum absolute atomic E-state index is 0.0921. The summed E-state index contributed by atoms with van der Waals surface area (Å²) in [6.07, 6.45) is 0.